The lowest BCUT2D eigenvalue weighted by Crippen LogP contribution is -2.57. The van der Waals surface area contributed by atoms with Gasteiger partial charge in [0.05, 0.1) is 0 Å². The molecule has 2 unspecified atom stereocenters. The van der Waals surface area contributed by atoms with Crippen LogP contribution in [-0.2, 0) is 20.9 Å². The van der Waals surface area contributed by atoms with Crippen LogP contribution in [0.4, 0.5) is 4.79 Å². The van der Waals surface area contributed by atoms with E-state index in [9.17, 15) is 14.4 Å². The highest BCUT2D eigenvalue weighted by Crippen LogP contribution is 2.35. The minimum atomic E-state index is -0.817. The summed E-state index contributed by atoms with van der Waals surface area (Å²) in [4.78, 5) is 42.9. The molecule has 7 nitrogen and oxygen atoms in total. The normalized spacial score (nSPS) is 15.2. The molecular weight excluding hydrogens is 490 g/mol. The predicted octanol–water partition coefficient (Wildman–Crippen LogP) is 5.98. The van der Waals surface area contributed by atoms with E-state index in [1.54, 1.807) is 25.7 Å². The molecule has 0 spiro atoms. The molecule has 1 aliphatic carbocycles. The first-order valence-electron chi connectivity index (χ1n) is 14.1. The van der Waals surface area contributed by atoms with E-state index < -0.39 is 23.8 Å². The van der Waals surface area contributed by atoms with Gasteiger partial charge in [0, 0.05) is 12.6 Å². The molecule has 0 saturated heterocycles. The zero-order valence-electron chi connectivity index (χ0n) is 24.5. The highest BCUT2D eigenvalue weighted by Gasteiger charge is 2.42. The second kappa shape index (κ2) is 13.1. The van der Waals surface area contributed by atoms with Crippen LogP contribution in [0.15, 0.2) is 48.5 Å². The second-order valence-corrected chi connectivity index (χ2v) is 12.1. The van der Waals surface area contributed by atoms with Crippen molar-refractivity contribution < 1.29 is 19.1 Å². The van der Waals surface area contributed by atoms with Gasteiger partial charge in [0.25, 0.3) is 0 Å². The summed E-state index contributed by atoms with van der Waals surface area (Å²) in [5.41, 5.74) is 3.13. The monoisotopic (exact) mass is 535 g/mol. The quantitative estimate of drug-likeness (QED) is 0.392. The number of carbonyl (C=O) groups excluding carboxylic acids is 3. The average molecular weight is 536 g/mol. The third-order valence-electron chi connectivity index (χ3n) is 6.97. The molecule has 1 fully saturated rings. The van der Waals surface area contributed by atoms with Crippen LogP contribution in [0.25, 0.3) is 0 Å². The highest BCUT2D eigenvalue weighted by molar-refractivity contribution is 5.92. The summed E-state index contributed by atoms with van der Waals surface area (Å²) < 4.78 is 5.49. The fourth-order valence-electron chi connectivity index (χ4n) is 4.94. The van der Waals surface area contributed by atoms with Gasteiger partial charge in [-0.1, -0.05) is 67.9 Å². The first-order chi connectivity index (χ1) is 18.4. The Balaban J connectivity index is 2.00. The Hall–Kier alpha value is -3.35. The topological polar surface area (TPSA) is 87.7 Å². The largest absolute Gasteiger partial charge is 0.444 e. The third kappa shape index (κ3) is 8.57. The third-order valence-corrected chi connectivity index (χ3v) is 6.97. The van der Waals surface area contributed by atoms with Crippen molar-refractivity contribution in [1.82, 2.24) is 15.5 Å². The van der Waals surface area contributed by atoms with Gasteiger partial charge in [-0.25, -0.2) is 4.79 Å². The zero-order valence-corrected chi connectivity index (χ0v) is 24.5. The van der Waals surface area contributed by atoms with Gasteiger partial charge in [-0.2, -0.15) is 0 Å². The van der Waals surface area contributed by atoms with Crippen molar-refractivity contribution in [2.75, 3.05) is 0 Å². The number of carbonyl (C=O) groups is 3. The van der Waals surface area contributed by atoms with Crippen LogP contribution in [0, 0.1) is 19.8 Å². The summed E-state index contributed by atoms with van der Waals surface area (Å²) in [7, 11) is 0. The number of nitrogens with zero attached hydrogens (tertiary/aromatic N) is 1. The molecule has 7 heteroatoms. The van der Waals surface area contributed by atoms with Gasteiger partial charge in [-0.3, -0.25) is 9.59 Å². The summed E-state index contributed by atoms with van der Waals surface area (Å²) >= 11 is 0. The molecule has 212 valence electrons. The Labute approximate surface area is 233 Å². The van der Waals surface area contributed by atoms with Crippen LogP contribution in [-0.4, -0.2) is 40.5 Å². The summed E-state index contributed by atoms with van der Waals surface area (Å²) in [6, 6.07) is 14.0. The summed E-state index contributed by atoms with van der Waals surface area (Å²) in [6.07, 6.45) is 2.44. The van der Waals surface area contributed by atoms with Gasteiger partial charge in [0.2, 0.25) is 11.8 Å². The van der Waals surface area contributed by atoms with E-state index in [0.717, 1.165) is 41.5 Å². The molecule has 2 aromatic carbocycles. The molecule has 1 saturated carbocycles. The summed E-state index contributed by atoms with van der Waals surface area (Å²) in [5.74, 6) is -0.339. The maximum absolute atomic E-state index is 14.4. The lowest BCUT2D eigenvalue weighted by molar-refractivity contribution is -0.147. The average Bonchev–Trinajstić information content (AvgIpc) is 2.80. The number of benzene rings is 2. The van der Waals surface area contributed by atoms with Crippen LogP contribution >= 0.6 is 0 Å². The molecule has 3 amide bonds. The van der Waals surface area contributed by atoms with Crippen LogP contribution in [0.5, 0.6) is 0 Å². The molecule has 0 heterocycles. The molecule has 0 radical (unpaired) electrons. The molecule has 0 aromatic heterocycles. The molecule has 2 atom stereocenters. The van der Waals surface area contributed by atoms with Crippen LogP contribution in [0.3, 0.4) is 0 Å². The Morgan fingerprint density at radius 2 is 1.69 bits per heavy atom. The van der Waals surface area contributed by atoms with E-state index in [2.05, 4.69) is 10.6 Å². The zero-order chi connectivity index (χ0) is 28.7. The van der Waals surface area contributed by atoms with Gasteiger partial charge in [-0.05, 0) is 82.9 Å². The summed E-state index contributed by atoms with van der Waals surface area (Å²) in [5, 5.41) is 5.92. The Bertz CT molecular complexity index is 1140. The number of amides is 3. The molecule has 1 aliphatic rings. The first-order valence-corrected chi connectivity index (χ1v) is 14.1. The first kappa shape index (κ1) is 30.2. The Morgan fingerprint density at radius 1 is 1.03 bits per heavy atom. The van der Waals surface area contributed by atoms with Crippen molar-refractivity contribution in [3.63, 3.8) is 0 Å². The lowest BCUT2D eigenvalue weighted by atomic mass is 9.86. The number of alkyl carbamates (subject to hydrolysis) is 1. The van der Waals surface area contributed by atoms with Crippen molar-refractivity contribution in [3.05, 3.63) is 70.8 Å². The van der Waals surface area contributed by atoms with E-state index in [1.807, 2.05) is 76.2 Å². The van der Waals surface area contributed by atoms with E-state index in [1.165, 1.54) is 0 Å². The van der Waals surface area contributed by atoms with Gasteiger partial charge in [-0.15, -0.1) is 0 Å². The molecule has 2 N–H and O–H groups in total. The molecule has 2 aromatic rings. The number of ether oxygens (including phenoxy) is 1. The molecule has 39 heavy (non-hydrogen) atoms. The molecule has 0 bridgehead atoms. The van der Waals surface area contributed by atoms with E-state index in [4.69, 9.17) is 4.74 Å². The van der Waals surface area contributed by atoms with E-state index in [0.29, 0.717) is 13.0 Å². The van der Waals surface area contributed by atoms with Crippen molar-refractivity contribution in [2.24, 2.45) is 5.92 Å². The number of aryl methyl sites for hydroxylation is 2. The smallest absolute Gasteiger partial charge is 0.408 e. The van der Waals surface area contributed by atoms with Crippen molar-refractivity contribution in [2.45, 2.75) is 104 Å². The maximum Gasteiger partial charge on any atom is 0.408 e. The standard InChI is InChI=1S/C32H45N3O4/c1-21(2)18-27(34-31(38)39-32(5,6)7)30(37)35(25-14-11-15-25)28(26-17-16-22(3)19-23(26)4)29(36)33-20-24-12-9-8-10-13-24/h8-10,12-13,16-17,19,21,25,27-28H,11,14-15,18,20H2,1-7H3,(H,33,36)(H,34,38). The molecular formula is C32H45N3O4. The van der Waals surface area contributed by atoms with E-state index in [-0.39, 0.29) is 23.8 Å². The highest BCUT2D eigenvalue weighted by atomic mass is 16.6. The van der Waals surface area contributed by atoms with E-state index >= 15 is 0 Å². The van der Waals surface area contributed by atoms with Gasteiger partial charge in [0.1, 0.15) is 17.7 Å². The van der Waals surface area contributed by atoms with Crippen LogP contribution < -0.4 is 10.6 Å². The number of hydrogen-bond donors (Lipinski definition) is 2. The second-order valence-electron chi connectivity index (χ2n) is 12.1. The SMILES string of the molecule is Cc1ccc(C(C(=O)NCc2ccccc2)N(C(=O)C(CC(C)C)NC(=O)OC(C)(C)C)C2CCC2)c(C)c1. The molecule has 0 aliphatic heterocycles. The van der Waals surface area contributed by atoms with Crippen LogP contribution in [0.1, 0.15) is 88.6 Å². The Morgan fingerprint density at radius 3 is 2.23 bits per heavy atom. The maximum atomic E-state index is 14.4. The van der Waals surface area contributed by atoms with Crippen molar-refractivity contribution >= 4 is 17.9 Å². The fourth-order valence-corrected chi connectivity index (χ4v) is 4.94. The van der Waals surface area contributed by atoms with Gasteiger partial charge >= 0.3 is 6.09 Å². The minimum Gasteiger partial charge on any atom is -0.444 e. The minimum absolute atomic E-state index is 0.0826. The van der Waals surface area contributed by atoms with Crippen molar-refractivity contribution in [1.29, 1.82) is 0 Å². The number of nitrogens with one attached hydrogen (secondary N) is 2. The van der Waals surface area contributed by atoms with Gasteiger partial charge < -0.3 is 20.3 Å². The lowest BCUT2D eigenvalue weighted by Gasteiger charge is -2.44. The number of rotatable bonds is 10. The van der Waals surface area contributed by atoms with Crippen LogP contribution in [0.2, 0.25) is 0 Å². The fraction of sp³-hybridized carbons (Fsp3) is 0.531. The predicted molar refractivity (Wildman–Crippen MR) is 154 cm³/mol. The van der Waals surface area contributed by atoms with Crippen molar-refractivity contribution in [3.8, 4) is 0 Å². The molecule has 3 rings (SSSR count). The summed E-state index contributed by atoms with van der Waals surface area (Å²) in [6.45, 7) is 13.8. The van der Waals surface area contributed by atoms with Gasteiger partial charge in [0.15, 0.2) is 0 Å². The number of hydrogen-bond acceptors (Lipinski definition) is 4. The Kier molecular flexibility index (Phi) is 10.2.